The van der Waals surface area contributed by atoms with E-state index >= 15 is 0 Å². The number of carbonyl (C=O) groups excluding carboxylic acids is 4. The van der Waals surface area contributed by atoms with Gasteiger partial charge in [0.05, 0.1) is 19.3 Å². The van der Waals surface area contributed by atoms with Crippen LogP contribution in [-0.2, 0) is 47.6 Å². The van der Waals surface area contributed by atoms with Gasteiger partial charge in [-0.3, -0.25) is 19.2 Å². The lowest BCUT2D eigenvalue weighted by Gasteiger charge is -2.73. The van der Waals surface area contributed by atoms with E-state index < -0.39 is 42.5 Å². The lowest BCUT2D eigenvalue weighted by molar-refractivity contribution is -0.315. The molecule has 0 aromatic heterocycles. The Morgan fingerprint density at radius 2 is 1.34 bits per heavy atom. The van der Waals surface area contributed by atoms with Crippen LogP contribution in [0.3, 0.4) is 0 Å². The van der Waals surface area contributed by atoms with Crippen LogP contribution in [-0.4, -0.2) is 67.8 Å². The van der Waals surface area contributed by atoms with Gasteiger partial charge in [-0.15, -0.1) is 0 Å². The fourth-order valence-electron chi connectivity index (χ4n) is 14.0. The van der Waals surface area contributed by atoms with Crippen LogP contribution in [0, 0.1) is 56.7 Å². The quantitative estimate of drug-likeness (QED) is 0.106. The summed E-state index contributed by atoms with van der Waals surface area (Å²) in [6, 6.07) is 0. The molecule has 5 aliphatic carbocycles. The van der Waals surface area contributed by atoms with Gasteiger partial charge in [0.25, 0.3) is 0 Å². The van der Waals surface area contributed by atoms with Crippen molar-refractivity contribution in [1.82, 2.24) is 0 Å². The molecule has 298 valence electrons. The lowest BCUT2D eigenvalue weighted by Crippen LogP contribution is -2.67. The second-order valence-electron chi connectivity index (χ2n) is 19.3. The minimum atomic E-state index is -1.10. The van der Waals surface area contributed by atoms with Gasteiger partial charge in [-0.1, -0.05) is 46.8 Å². The van der Waals surface area contributed by atoms with Crippen molar-refractivity contribution in [1.29, 1.82) is 0 Å². The number of carbonyl (C=O) groups is 4. The fraction of sp³-hybridized carbons (Fsp3) is 0.860. The van der Waals surface area contributed by atoms with Crippen LogP contribution in [0.1, 0.15) is 133 Å². The average molecular weight is 743 g/mol. The molecule has 0 bridgehead atoms. The van der Waals surface area contributed by atoms with Crippen LogP contribution >= 0.6 is 0 Å². The molecule has 0 aromatic rings. The number of rotatable bonds is 8. The highest BCUT2D eigenvalue weighted by atomic mass is 16.7. The van der Waals surface area contributed by atoms with Crippen molar-refractivity contribution in [3.63, 3.8) is 0 Å². The average Bonchev–Trinajstić information content (AvgIpc) is 3.44. The number of fused-ring (bicyclic) bond motifs is 7. The lowest BCUT2D eigenvalue weighted by atomic mass is 9.32. The third kappa shape index (κ3) is 6.67. The van der Waals surface area contributed by atoms with Gasteiger partial charge in [-0.05, 0) is 122 Å². The summed E-state index contributed by atoms with van der Waals surface area (Å²) in [5.41, 5.74) is 1.52. The number of ether oxygens (including phenoxy) is 6. The van der Waals surface area contributed by atoms with E-state index in [4.69, 9.17) is 28.4 Å². The molecule has 0 N–H and O–H groups in total. The van der Waals surface area contributed by atoms with Gasteiger partial charge in [0, 0.05) is 33.1 Å². The molecule has 6 rings (SSSR count). The maximum absolute atomic E-state index is 12.3. The van der Waals surface area contributed by atoms with Gasteiger partial charge in [0.2, 0.25) is 0 Å². The van der Waals surface area contributed by atoms with Crippen LogP contribution in [0.15, 0.2) is 12.2 Å². The number of esters is 4. The van der Waals surface area contributed by atoms with Crippen molar-refractivity contribution in [3.05, 3.63) is 12.2 Å². The van der Waals surface area contributed by atoms with E-state index in [1.54, 1.807) is 0 Å². The van der Waals surface area contributed by atoms with Crippen molar-refractivity contribution < 1.29 is 47.6 Å². The van der Waals surface area contributed by atoms with E-state index in [0.29, 0.717) is 36.2 Å². The largest absolute Gasteiger partial charge is 0.465 e. The Bertz CT molecular complexity index is 1470. The summed E-state index contributed by atoms with van der Waals surface area (Å²) in [5, 5.41) is 0. The molecule has 0 spiro atoms. The summed E-state index contributed by atoms with van der Waals surface area (Å²) in [4.78, 5) is 48.5. The highest BCUT2D eigenvalue weighted by Crippen LogP contribution is 2.77. The molecule has 14 atom stereocenters. The van der Waals surface area contributed by atoms with Crippen LogP contribution < -0.4 is 0 Å². The van der Waals surface area contributed by atoms with Crippen LogP contribution in [0.4, 0.5) is 0 Å². The zero-order chi connectivity index (χ0) is 38.9. The Labute approximate surface area is 317 Å². The highest BCUT2D eigenvalue weighted by molar-refractivity contribution is 5.68. The first kappa shape index (κ1) is 40.2. The summed E-state index contributed by atoms with van der Waals surface area (Å²) in [6.45, 7) is 25.0. The molecule has 6 aliphatic rings. The topological polar surface area (TPSA) is 124 Å². The molecule has 10 heteroatoms. The first-order chi connectivity index (χ1) is 24.7. The van der Waals surface area contributed by atoms with Gasteiger partial charge in [-0.2, -0.15) is 0 Å². The smallest absolute Gasteiger partial charge is 0.303 e. The highest BCUT2D eigenvalue weighted by Gasteiger charge is 2.71. The van der Waals surface area contributed by atoms with Gasteiger partial charge < -0.3 is 28.4 Å². The maximum atomic E-state index is 12.3. The molecule has 0 amide bonds. The van der Waals surface area contributed by atoms with Gasteiger partial charge >= 0.3 is 23.9 Å². The van der Waals surface area contributed by atoms with Crippen molar-refractivity contribution >= 4 is 23.9 Å². The zero-order valence-electron chi connectivity index (χ0n) is 34.0. The van der Waals surface area contributed by atoms with E-state index in [1.807, 2.05) is 0 Å². The number of allylic oxidation sites excluding steroid dienone is 1. The van der Waals surface area contributed by atoms with Crippen molar-refractivity contribution in [2.45, 2.75) is 164 Å². The van der Waals surface area contributed by atoms with Crippen molar-refractivity contribution in [3.8, 4) is 0 Å². The fourth-order valence-corrected chi connectivity index (χ4v) is 14.0. The Morgan fingerprint density at radius 3 is 1.96 bits per heavy atom. The molecular weight excluding hydrogens is 676 g/mol. The Hall–Kier alpha value is -2.46. The molecule has 6 fully saturated rings. The van der Waals surface area contributed by atoms with Gasteiger partial charge in [0.1, 0.15) is 0 Å². The Morgan fingerprint density at radius 1 is 0.679 bits per heavy atom. The predicted molar refractivity (Wildman–Crippen MR) is 197 cm³/mol. The third-order valence-electron chi connectivity index (χ3n) is 16.3. The number of hydrogen-bond acceptors (Lipinski definition) is 10. The normalized spacial score (nSPS) is 45.6. The Kier molecular flexibility index (Phi) is 10.8. The molecule has 10 nitrogen and oxygen atoms in total. The van der Waals surface area contributed by atoms with E-state index in [2.05, 4.69) is 48.1 Å². The molecule has 1 heterocycles. The van der Waals surface area contributed by atoms with Crippen LogP contribution in [0.2, 0.25) is 0 Å². The zero-order valence-corrected chi connectivity index (χ0v) is 34.0. The SMILES string of the molecule is C=C(C)[C@@H]1CC[C@]2(COC(C)=O)CC[C@]3(C)[C@H](CC[C@@H]4[C@@]5(C)CC[C@H](O[C@@H]6OC[C@@H](OC(C)=O)[C@H](OC(C)=O)[C@H]6OC(C)=O)C(C)(C)[C@@H]5CC[C@]43C)[C@@H]12. The molecule has 53 heavy (non-hydrogen) atoms. The second-order valence-corrected chi connectivity index (χ2v) is 19.3. The van der Waals surface area contributed by atoms with Gasteiger partial charge in [-0.25, -0.2) is 0 Å². The molecule has 0 radical (unpaired) electrons. The summed E-state index contributed by atoms with van der Waals surface area (Å²) < 4.78 is 35.6. The van der Waals surface area contributed by atoms with Crippen molar-refractivity contribution in [2.24, 2.45) is 56.7 Å². The van der Waals surface area contributed by atoms with E-state index in [0.717, 1.165) is 51.4 Å². The molecular formula is C43H66O10. The minimum absolute atomic E-state index is 0.0407. The van der Waals surface area contributed by atoms with Crippen molar-refractivity contribution in [2.75, 3.05) is 13.2 Å². The molecule has 0 unspecified atom stereocenters. The third-order valence-corrected chi connectivity index (χ3v) is 16.3. The van der Waals surface area contributed by atoms with Crippen LogP contribution in [0.5, 0.6) is 0 Å². The second kappa shape index (κ2) is 14.2. The minimum Gasteiger partial charge on any atom is -0.465 e. The molecule has 1 saturated heterocycles. The van der Waals surface area contributed by atoms with E-state index in [1.165, 1.54) is 46.1 Å². The molecule has 0 aromatic carbocycles. The monoisotopic (exact) mass is 742 g/mol. The van der Waals surface area contributed by atoms with E-state index in [9.17, 15) is 19.2 Å². The maximum Gasteiger partial charge on any atom is 0.303 e. The number of hydrogen-bond donors (Lipinski definition) is 0. The molecule has 5 saturated carbocycles. The van der Waals surface area contributed by atoms with E-state index in [-0.39, 0.29) is 45.8 Å². The standard InChI is InChI=1S/C43H66O10/c1-24(2)29-14-19-43(23-49-25(3)44)21-20-41(10)30(35(29)43)12-13-33-40(9)17-16-34(39(7,8)32(40)15-18-42(33,41)11)53-38-37(52-28(6)47)36(51-27(5)46)31(22-48-38)50-26(4)45/h29-38H,1,12-23H2,2-11H3/t29-,30+,31+,32-,33+,34-,35+,36-,37+,38-,40-,41+,42+,43+/m0/s1. The Balaban J connectivity index is 1.25. The predicted octanol–water partition coefficient (Wildman–Crippen LogP) is 7.74. The first-order valence-corrected chi connectivity index (χ1v) is 20.3. The van der Waals surface area contributed by atoms with Crippen LogP contribution in [0.25, 0.3) is 0 Å². The molecule has 1 aliphatic heterocycles. The summed E-state index contributed by atoms with van der Waals surface area (Å²) in [7, 11) is 0. The summed E-state index contributed by atoms with van der Waals surface area (Å²) >= 11 is 0. The summed E-state index contributed by atoms with van der Waals surface area (Å²) in [5.74, 6) is 0.580. The first-order valence-electron chi connectivity index (χ1n) is 20.3. The van der Waals surface area contributed by atoms with Gasteiger partial charge in [0.15, 0.2) is 24.6 Å². The summed E-state index contributed by atoms with van der Waals surface area (Å²) in [6.07, 6.45) is 6.68.